The lowest BCUT2D eigenvalue weighted by Gasteiger charge is -2.44. The maximum Gasteiger partial charge on any atom is 0.356 e. The van der Waals surface area contributed by atoms with Crippen LogP contribution in [-0.2, 0) is 16.1 Å². The molecule has 2 bridgehead atoms. The minimum absolute atomic E-state index is 0.0395. The van der Waals surface area contributed by atoms with Gasteiger partial charge in [0, 0.05) is 48.2 Å². The molecule has 0 radical (unpaired) electrons. The first-order valence-electron chi connectivity index (χ1n) is 12.0. The number of methoxy groups -OCH3 is 1. The number of H-pyrrole nitrogens is 1. The molecule has 1 unspecified atom stereocenters. The summed E-state index contributed by atoms with van der Waals surface area (Å²) in [7, 11) is 1.57. The number of piperidine rings is 1. The average Bonchev–Trinajstić information content (AvgIpc) is 3.21. The smallest absolute Gasteiger partial charge is 0.356 e. The van der Waals surface area contributed by atoms with Crippen molar-refractivity contribution in [3.8, 4) is 5.75 Å². The van der Waals surface area contributed by atoms with Crippen LogP contribution in [0.1, 0.15) is 42.4 Å². The number of fused-ring (bicyclic) bond motifs is 5. The number of carbonyl (C=O) groups is 2. The highest BCUT2D eigenvalue weighted by Gasteiger charge is 2.37. The molecule has 3 aromatic rings. The summed E-state index contributed by atoms with van der Waals surface area (Å²) in [4.78, 5) is 43.7. The van der Waals surface area contributed by atoms with Crippen LogP contribution < -0.4 is 15.6 Å². The zero-order valence-electron chi connectivity index (χ0n) is 20.2. The predicted octanol–water partition coefficient (Wildman–Crippen LogP) is 2.96. The van der Waals surface area contributed by atoms with Crippen molar-refractivity contribution in [2.45, 2.75) is 38.8 Å². The van der Waals surface area contributed by atoms with E-state index in [1.807, 2.05) is 23.6 Å². The molecule has 2 aliphatic rings. The number of hydrogen-bond acceptors (Lipinski definition) is 6. The summed E-state index contributed by atoms with van der Waals surface area (Å²) < 4.78 is 12.4. The van der Waals surface area contributed by atoms with Crippen LogP contribution in [0.4, 0.5) is 5.69 Å². The van der Waals surface area contributed by atoms with Crippen molar-refractivity contribution >= 4 is 28.5 Å². The van der Waals surface area contributed by atoms with Gasteiger partial charge in [-0.1, -0.05) is 6.07 Å². The van der Waals surface area contributed by atoms with Gasteiger partial charge in [0.05, 0.1) is 25.4 Å². The summed E-state index contributed by atoms with van der Waals surface area (Å²) in [5.41, 5.74) is 2.38. The Hall–Kier alpha value is -3.59. The van der Waals surface area contributed by atoms with Gasteiger partial charge in [-0.3, -0.25) is 14.5 Å². The number of ether oxygens (including phenoxy) is 2. The van der Waals surface area contributed by atoms with Gasteiger partial charge in [-0.25, -0.2) is 4.79 Å². The number of amides is 1. The summed E-state index contributed by atoms with van der Waals surface area (Å²) in [6.45, 7) is 5.95. The van der Waals surface area contributed by atoms with Crippen molar-refractivity contribution in [2.24, 2.45) is 5.92 Å². The van der Waals surface area contributed by atoms with Crippen LogP contribution in [0.15, 0.2) is 41.2 Å². The molecule has 184 valence electrons. The maximum atomic E-state index is 13.5. The molecule has 9 nitrogen and oxygen atoms in total. The molecule has 5 rings (SSSR count). The van der Waals surface area contributed by atoms with E-state index in [9.17, 15) is 14.4 Å². The predicted molar refractivity (Wildman–Crippen MR) is 132 cm³/mol. The summed E-state index contributed by atoms with van der Waals surface area (Å²) >= 11 is 0. The first-order chi connectivity index (χ1) is 16.9. The number of nitrogens with one attached hydrogen (secondary N) is 2. The highest BCUT2D eigenvalue weighted by molar-refractivity contribution is 6.12. The number of nitrogens with zero attached hydrogens (tertiary/aromatic N) is 2. The van der Waals surface area contributed by atoms with Gasteiger partial charge in [0.15, 0.2) is 0 Å². The monoisotopic (exact) mass is 478 g/mol. The van der Waals surface area contributed by atoms with E-state index in [2.05, 4.69) is 15.2 Å². The number of pyridine rings is 1. The number of likely N-dealkylation sites (tertiary alicyclic amines) is 1. The second-order valence-electron chi connectivity index (χ2n) is 9.32. The molecular formula is C26H30N4O5. The third kappa shape index (κ3) is 4.20. The lowest BCUT2D eigenvalue weighted by atomic mass is 9.82. The Morgan fingerprint density at radius 2 is 2.03 bits per heavy atom. The van der Waals surface area contributed by atoms with Gasteiger partial charge in [0.25, 0.3) is 5.56 Å². The fourth-order valence-electron chi connectivity index (χ4n) is 5.43. The molecule has 3 atom stereocenters. The fourth-order valence-corrected chi connectivity index (χ4v) is 5.43. The van der Waals surface area contributed by atoms with Crippen molar-refractivity contribution in [2.75, 3.05) is 32.1 Å². The molecule has 1 saturated heterocycles. The van der Waals surface area contributed by atoms with Crippen LogP contribution >= 0.6 is 0 Å². The Morgan fingerprint density at radius 1 is 1.20 bits per heavy atom. The Kier molecular flexibility index (Phi) is 6.10. The van der Waals surface area contributed by atoms with Gasteiger partial charge in [0.2, 0.25) is 5.91 Å². The van der Waals surface area contributed by atoms with Gasteiger partial charge < -0.3 is 24.3 Å². The molecule has 0 saturated carbocycles. The zero-order valence-corrected chi connectivity index (χ0v) is 20.2. The Morgan fingerprint density at radius 3 is 2.80 bits per heavy atom. The van der Waals surface area contributed by atoms with E-state index in [0.29, 0.717) is 41.3 Å². The van der Waals surface area contributed by atoms with Crippen molar-refractivity contribution in [3.63, 3.8) is 0 Å². The number of aromatic nitrogens is 2. The summed E-state index contributed by atoms with van der Waals surface area (Å²) in [6, 6.07) is 10.4. The second-order valence-corrected chi connectivity index (χ2v) is 9.32. The number of benzene rings is 1. The molecule has 4 heterocycles. The maximum absolute atomic E-state index is 13.5. The molecule has 35 heavy (non-hydrogen) atoms. The average molecular weight is 479 g/mol. The standard InChI is InChI=1S/C26H30N4O5/c1-4-35-26(33)24-23(19-11-18(34-3)8-9-20(19)27-24)28-25(32)15(2)29-12-16-10-17(14-29)21-6-5-7-22(31)30(21)13-16/h5-9,11,15-17,27H,4,10,12-14H2,1-3H3,(H,28,32)/t15?,16-,17-/m0/s1. The number of hydrogen-bond donors (Lipinski definition) is 2. The molecule has 1 aromatic carbocycles. The minimum Gasteiger partial charge on any atom is -0.497 e. The normalized spacial score (nSPS) is 20.2. The second kappa shape index (κ2) is 9.22. The third-order valence-corrected chi connectivity index (χ3v) is 7.17. The largest absolute Gasteiger partial charge is 0.497 e. The first-order valence-corrected chi connectivity index (χ1v) is 12.0. The Bertz CT molecular complexity index is 1340. The summed E-state index contributed by atoms with van der Waals surface area (Å²) in [5.74, 6) is 0.404. The van der Waals surface area contributed by atoms with E-state index in [1.165, 1.54) is 0 Å². The van der Waals surface area contributed by atoms with Gasteiger partial charge in [-0.05, 0) is 50.5 Å². The molecule has 0 aliphatic carbocycles. The zero-order chi connectivity index (χ0) is 24.7. The number of rotatable bonds is 6. The highest BCUT2D eigenvalue weighted by Crippen LogP contribution is 2.36. The van der Waals surface area contributed by atoms with Crippen LogP contribution in [0.3, 0.4) is 0 Å². The molecular weight excluding hydrogens is 448 g/mol. The van der Waals surface area contributed by atoms with Crippen LogP contribution in [0.5, 0.6) is 5.75 Å². The van der Waals surface area contributed by atoms with Gasteiger partial charge in [0.1, 0.15) is 11.4 Å². The number of esters is 1. The number of anilines is 1. The van der Waals surface area contributed by atoms with E-state index >= 15 is 0 Å². The third-order valence-electron chi connectivity index (χ3n) is 7.17. The summed E-state index contributed by atoms with van der Waals surface area (Å²) in [5, 5.41) is 3.67. The molecule has 2 aliphatic heterocycles. The van der Waals surface area contributed by atoms with Gasteiger partial charge in [-0.15, -0.1) is 0 Å². The van der Waals surface area contributed by atoms with Crippen LogP contribution in [0, 0.1) is 5.92 Å². The van der Waals surface area contributed by atoms with Crippen molar-refractivity contribution in [3.05, 3.63) is 58.1 Å². The van der Waals surface area contributed by atoms with Crippen molar-refractivity contribution in [1.82, 2.24) is 14.5 Å². The van der Waals surface area contributed by atoms with Crippen LogP contribution in [0.25, 0.3) is 10.9 Å². The molecule has 9 heteroatoms. The Labute approximate surface area is 203 Å². The van der Waals surface area contributed by atoms with E-state index in [-0.39, 0.29) is 29.7 Å². The minimum atomic E-state index is -0.528. The first kappa shape index (κ1) is 23.2. The Balaban J connectivity index is 1.41. The molecule has 1 amide bonds. The van der Waals surface area contributed by atoms with Crippen LogP contribution in [0.2, 0.25) is 0 Å². The number of carbonyl (C=O) groups excluding carboxylic acids is 2. The lowest BCUT2D eigenvalue weighted by molar-refractivity contribution is -0.121. The van der Waals surface area contributed by atoms with E-state index in [4.69, 9.17) is 9.47 Å². The SMILES string of the molecule is CCOC(=O)c1[nH]c2ccc(OC)cc2c1NC(=O)C(C)N1C[C@@H]2C[C@@H](C1)c1cccc(=O)n1C2. The lowest BCUT2D eigenvalue weighted by Crippen LogP contribution is -2.52. The van der Waals surface area contributed by atoms with Gasteiger partial charge in [-0.2, -0.15) is 0 Å². The van der Waals surface area contributed by atoms with Crippen molar-refractivity contribution < 1.29 is 19.1 Å². The quantitative estimate of drug-likeness (QED) is 0.528. The molecule has 2 N–H and O–H groups in total. The van der Waals surface area contributed by atoms with Gasteiger partial charge >= 0.3 is 5.97 Å². The topological polar surface area (TPSA) is 106 Å². The van der Waals surface area contributed by atoms with E-state index in [1.54, 1.807) is 38.3 Å². The fraction of sp³-hybridized carbons (Fsp3) is 0.423. The summed E-state index contributed by atoms with van der Waals surface area (Å²) in [6.07, 6.45) is 1.02. The molecule has 2 aromatic heterocycles. The van der Waals surface area contributed by atoms with E-state index < -0.39 is 12.0 Å². The molecule has 0 spiro atoms. The highest BCUT2D eigenvalue weighted by atomic mass is 16.5. The number of aromatic amines is 1. The van der Waals surface area contributed by atoms with E-state index in [0.717, 1.165) is 18.7 Å². The van der Waals surface area contributed by atoms with Crippen LogP contribution in [-0.4, -0.2) is 59.2 Å². The van der Waals surface area contributed by atoms with Crippen molar-refractivity contribution in [1.29, 1.82) is 0 Å². The molecule has 1 fully saturated rings.